The predicted octanol–water partition coefficient (Wildman–Crippen LogP) is 4.48. The number of aromatic amines is 1. The number of H-pyrrole nitrogens is 1. The van der Waals surface area contributed by atoms with Gasteiger partial charge >= 0.3 is 0 Å². The predicted molar refractivity (Wildman–Crippen MR) is 118 cm³/mol. The lowest BCUT2D eigenvalue weighted by molar-refractivity contribution is 0.296. The molecule has 0 unspecified atom stereocenters. The largest absolute Gasteiger partial charge is 0.495 e. The lowest BCUT2D eigenvalue weighted by Gasteiger charge is -2.14. The minimum absolute atomic E-state index is 0.154. The van der Waals surface area contributed by atoms with Crippen LogP contribution in [-0.2, 0) is 13.0 Å². The highest BCUT2D eigenvalue weighted by atomic mass is 35.5. The molecular weight excluding hydrogens is 425 g/mol. The molecular formula is C22H21Cl2N3O3. The van der Waals surface area contributed by atoms with Crippen LogP contribution in [0.15, 0.2) is 36.4 Å². The fraction of sp³-hybridized carbons (Fsp3) is 0.227. The second-order valence-electron chi connectivity index (χ2n) is 6.19. The van der Waals surface area contributed by atoms with Crippen LogP contribution in [0.1, 0.15) is 11.3 Å². The van der Waals surface area contributed by atoms with Gasteiger partial charge < -0.3 is 19.9 Å². The van der Waals surface area contributed by atoms with E-state index in [4.69, 9.17) is 43.1 Å². The zero-order valence-corrected chi connectivity index (χ0v) is 18.1. The normalized spacial score (nSPS) is 10.3. The maximum atomic E-state index is 6.35. The molecule has 3 rings (SSSR count). The molecule has 3 N–H and O–H groups in total. The first-order valence-corrected chi connectivity index (χ1v) is 9.85. The van der Waals surface area contributed by atoms with Crippen molar-refractivity contribution in [1.29, 1.82) is 0 Å². The highest BCUT2D eigenvalue weighted by Crippen LogP contribution is 2.46. The van der Waals surface area contributed by atoms with Crippen LogP contribution in [0.4, 0.5) is 0 Å². The molecule has 0 radical (unpaired) electrons. The standard InChI is InChI=1S/C22H21Cl2N3O3/c1-28-18-12-19(29-2)21(24)22(20(18)23)30-13-15-11-17(27-26-15)16-9-4-3-7-14(16)8-5-6-10-25/h3-4,7,9,11-12H,8,10,13,25H2,1-2H3,(H,26,27). The van der Waals surface area contributed by atoms with E-state index >= 15 is 0 Å². The van der Waals surface area contributed by atoms with Crippen LogP contribution >= 0.6 is 23.2 Å². The quantitative estimate of drug-likeness (QED) is 0.523. The molecule has 0 aliphatic carbocycles. The summed E-state index contributed by atoms with van der Waals surface area (Å²) in [6.45, 7) is 0.495. The average Bonchev–Trinajstić information content (AvgIpc) is 3.23. The van der Waals surface area contributed by atoms with Gasteiger partial charge in [0.1, 0.15) is 33.8 Å². The third kappa shape index (κ3) is 4.82. The molecule has 3 aromatic rings. The zero-order valence-electron chi connectivity index (χ0n) is 16.6. The van der Waals surface area contributed by atoms with E-state index in [9.17, 15) is 0 Å². The monoisotopic (exact) mass is 445 g/mol. The summed E-state index contributed by atoms with van der Waals surface area (Å²) in [4.78, 5) is 0. The Kier molecular flexibility index (Phi) is 7.47. The van der Waals surface area contributed by atoms with Gasteiger partial charge in [-0.1, -0.05) is 59.3 Å². The summed E-state index contributed by atoms with van der Waals surface area (Å²) in [5, 5.41) is 7.91. The maximum absolute atomic E-state index is 6.35. The summed E-state index contributed by atoms with van der Waals surface area (Å²) in [6.07, 6.45) is 0.604. The third-order valence-electron chi connectivity index (χ3n) is 4.34. The van der Waals surface area contributed by atoms with Crippen LogP contribution in [-0.4, -0.2) is 31.0 Å². The Hall–Kier alpha value is -2.85. The second kappa shape index (κ2) is 10.3. The second-order valence-corrected chi connectivity index (χ2v) is 6.95. The van der Waals surface area contributed by atoms with Crippen molar-refractivity contribution in [3.05, 3.63) is 57.7 Å². The number of hydrogen-bond acceptors (Lipinski definition) is 5. The molecule has 0 saturated carbocycles. The van der Waals surface area contributed by atoms with Gasteiger partial charge in [0.15, 0.2) is 5.75 Å². The number of nitrogens with one attached hydrogen (secondary N) is 1. The van der Waals surface area contributed by atoms with Crippen LogP contribution in [0.3, 0.4) is 0 Å². The minimum atomic E-state index is 0.154. The van der Waals surface area contributed by atoms with E-state index in [-0.39, 0.29) is 22.4 Å². The molecule has 0 atom stereocenters. The van der Waals surface area contributed by atoms with E-state index < -0.39 is 0 Å². The van der Waals surface area contributed by atoms with Gasteiger partial charge in [-0.05, 0) is 11.6 Å². The summed E-state index contributed by atoms with van der Waals surface area (Å²) in [7, 11) is 3.02. The number of rotatable bonds is 7. The molecule has 0 aliphatic heterocycles. The Bertz CT molecular complexity index is 1060. The molecule has 0 spiro atoms. The van der Waals surface area contributed by atoms with E-state index in [2.05, 4.69) is 22.0 Å². The van der Waals surface area contributed by atoms with Gasteiger partial charge in [-0.3, -0.25) is 5.10 Å². The first-order valence-electron chi connectivity index (χ1n) is 9.10. The lowest BCUT2D eigenvalue weighted by Crippen LogP contribution is -1.99. The van der Waals surface area contributed by atoms with Crippen molar-refractivity contribution in [3.8, 4) is 40.3 Å². The molecule has 156 valence electrons. The molecule has 0 bridgehead atoms. The van der Waals surface area contributed by atoms with Gasteiger partial charge in [-0.15, -0.1) is 0 Å². The average molecular weight is 446 g/mol. The van der Waals surface area contributed by atoms with E-state index in [0.29, 0.717) is 30.2 Å². The Morgan fingerprint density at radius 2 is 1.73 bits per heavy atom. The van der Waals surface area contributed by atoms with Gasteiger partial charge in [0.25, 0.3) is 0 Å². The highest BCUT2D eigenvalue weighted by Gasteiger charge is 2.19. The van der Waals surface area contributed by atoms with Gasteiger partial charge in [-0.25, -0.2) is 0 Å². The molecule has 1 heterocycles. The Morgan fingerprint density at radius 1 is 1.03 bits per heavy atom. The number of nitrogens with two attached hydrogens (primary N) is 1. The summed E-state index contributed by atoms with van der Waals surface area (Å²) < 4.78 is 16.4. The molecule has 2 aromatic carbocycles. The number of benzene rings is 2. The number of methoxy groups -OCH3 is 2. The van der Waals surface area contributed by atoms with E-state index in [0.717, 1.165) is 16.8 Å². The number of nitrogens with zero attached hydrogens (tertiary/aromatic N) is 1. The minimum Gasteiger partial charge on any atom is -0.495 e. The molecule has 0 fully saturated rings. The van der Waals surface area contributed by atoms with Crippen molar-refractivity contribution < 1.29 is 14.2 Å². The van der Waals surface area contributed by atoms with Crippen molar-refractivity contribution in [2.24, 2.45) is 5.73 Å². The lowest BCUT2D eigenvalue weighted by atomic mass is 10.0. The van der Waals surface area contributed by atoms with Crippen LogP contribution in [0.25, 0.3) is 11.3 Å². The van der Waals surface area contributed by atoms with Gasteiger partial charge in [0.05, 0.1) is 26.5 Å². The number of halogens is 2. The number of ether oxygens (including phenoxy) is 3. The maximum Gasteiger partial charge on any atom is 0.164 e. The first kappa shape index (κ1) is 21.8. The van der Waals surface area contributed by atoms with Gasteiger partial charge in [-0.2, -0.15) is 5.10 Å². The Balaban J connectivity index is 1.81. The first-order chi connectivity index (χ1) is 14.6. The molecule has 6 nitrogen and oxygen atoms in total. The molecule has 0 amide bonds. The molecule has 0 saturated heterocycles. The molecule has 0 aliphatic rings. The third-order valence-corrected chi connectivity index (χ3v) is 5.06. The van der Waals surface area contributed by atoms with Crippen LogP contribution < -0.4 is 19.9 Å². The molecule has 1 aromatic heterocycles. The van der Waals surface area contributed by atoms with Crippen molar-refractivity contribution >= 4 is 23.2 Å². The van der Waals surface area contributed by atoms with Crippen molar-refractivity contribution in [2.75, 3.05) is 20.8 Å². The van der Waals surface area contributed by atoms with Gasteiger partial charge in [0.2, 0.25) is 0 Å². The summed E-state index contributed by atoms with van der Waals surface area (Å²) in [5.74, 6) is 7.03. The smallest absolute Gasteiger partial charge is 0.164 e. The fourth-order valence-corrected chi connectivity index (χ4v) is 3.49. The molecule has 30 heavy (non-hydrogen) atoms. The Morgan fingerprint density at radius 3 is 2.40 bits per heavy atom. The summed E-state index contributed by atoms with van der Waals surface area (Å²) in [5.41, 5.74) is 9.09. The summed E-state index contributed by atoms with van der Waals surface area (Å²) >= 11 is 12.7. The number of hydrogen-bond donors (Lipinski definition) is 2. The summed E-state index contributed by atoms with van der Waals surface area (Å²) in [6, 6.07) is 11.5. The fourth-order valence-electron chi connectivity index (χ4n) is 2.88. The zero-order chi connectivity index (χ0) is 21.5. The number of aromatic nitrogens is 2. The van der Waals surface area contributed by atoms with Crippen molar-refractivity contribution in [1.82, 2.24) is 10.2 Å². The highest BCUT2D eigenvalue weighted by molar-refractivity contribution is 6.39. The van der Waals surface area contributed by atoms with Crippen LogP contribution in [0, 0.1) is 11.8 Å². The van der Waals surface area contributed by atoms with Crippen LogP contribution in [0.5, 0.6) is 17.2 Å². The van der Waals surface area contributed by atoms with Crippen molar-refractivity contribution in [2.45, 2.75) is 13.0 Å². The van der Waals surface area contributed by atoms with Crippen molar-refractivity contribution in [3.63, 3.8) is 0 Å². The van der Waals surface area contributed by atoms with E-state index in [1.807, 2.05) is 30.3 Å². The van der Waals surface area contributed by atoms with E-state index in [1.165, 1.54) is 14.2 Å². The van der Waals surface area contributed by atoms with Crippen LogP contribution in [0.2, 0.25) is 10.0 Å². The SMILES string of the molecule is COc1cc(OC)c(Cl)c(OCc2cc(-c3ccccc3CC#CCN)[nH]n2)c1Cl. The Labute approximate surface area is 185 Å². The van der Waals surface area contributed by atoms with Gasteiger partial charge in [0, 0.05) is 18.1 Å². The topological polar surface area (TPSA) is 82.4 Å². The van der Waals surface area contributed by atoms with E-state index in [1.54, 1.807) is 6.07 Å². The molecule has 8 heteroatoms.